The summed E-state index contributed by atoms with van der Waals surface area (Å²) in [5.74, 6) is 0.0474. The number of rotatable bonds is 0. The molecule has 3 heteroatoms. The van der Waals surface area contributed by atoms with Gasteiger partial charge in [-0.25, -0.2) is 0 Å². The van der Waals surface area contributed by atoms with Crippen molar-refractivity contribution in [3.63, 3.8) is 0 Å². The smallest absolute Gasteiger partial charge is 0.103 e. The lowest BCUT2D eigenvalue weighted by Crippen LogP contribution is -2.56. The van der Waals surface area contributed by atoms with Crippen LogP contribution in [0.1, 0.15) is 40.0 Å². The van der Waals surface area contributed by atoms with E-state index in [2.05, 4.69) is 19.9 Å². The monoisotopic (exact) mass is 238 g/mol. The first-order chi connectivity index (χ1) is 7.80. The topological polar surface area (TPSA) is 60.7 Å². The Hall–Kier alpha value is -0.380. The molecule has 2 bridgehead atoms. The second-order valence-corrected chi connectivity index (χ2v) is 6.68. The zero-order chi connectivity index (χ0) is 12.6. The molecule has 0 amide bonds. The highest BCUT2D eigenvalue weighted by Crippen LogP contribution is 2.73. The Balaban J connectivity index is 2.32. The Labute approximate surface area is 102 Å². The third-order valence-electron chi connectivity index (χ3n) is 6.10. The third kappa shape index (κ3) is 0.904. The maximum Gasteiger partial charge on any atom is 0.103 e. The largest absolute Gasteiger partial charge is 0.392 e. The van der Waals surface area contributed by atoms with Crippen LogP contribution in [0.25, 0.3) is 0 Å². The van der Waals surface area contributed by atoms with E-state index in [0.717, 1.165) is 12.0 Å². The van der Waals surface area contributed by atoms with Gasteiger partial charge in [0.2, 0.25) is 0 Å². The van der Waals surface area contributed by atoms with Crippen molar-refractivity contribution in [1.82, 2.24) is 0 Å². The lowest BCUT2D eigenvalue weighted by atomic mass is 9.54. The summed E-state index contributed by atoms with van der Waals surface area (Å²) in [6, 6.07) is 0. The molecule has 2 saturated carbocycles. The molecule has 2 unspecified atom stereocenters. The fraction of sp³-hybridized carbons (Fsp3) is 0.857. The summed E-state index contributed by atoms with van der Waals surface area (Å²) in [6.45, 7) is 6.17. The molecule has 0 radical (unpaired) electrons. The highest BCUT2D eigenvalue weighted by molar-refractivity contribution is 5.39. The van der Waals surface area contributed by atoms with Gasteiger partial charge in [0, 0.05) is 0 Å². The maximum absolute atomic E-state index is 11.0. The molecule has 2 fully saturated rings. The number of aliphatic hydroxyl groups is 3. The summed E-state index contributed by atoms with van der Waals surface area (Å²) in [5, 5.41) is 32.0. The maximum atomic E-state index is 11.0. The first-order valence-electron chi connectivity index (χ1n) is 6.56. The number of allylic oxidation sites excluding steroid dienone is 1. The highest BCUT2D eigenvalue weighted by Gasteiger charge is 2.78. The van der Waals surface area contributed by atoms with Gasteiger partial charge >= 0.3 is 0 Å². The number of hydrogen-bond acceptors (Lipinski definition) is 3. The molecule has 0 saturated heterocycles. The van der Waals surface area contributed by atoms with Gasteiger partial charge in [0.05, 0.1) is 17.6 Å². The summed E-state index contributed by atoms with van der Waals surface area (Å²) in [6.07, 6.45) is 2.72. The van der Waals surface area contributed by atoms with Crippen molar-refractivity contribution in [2.45, 2.75) is 57.8 Å². The van der Waals surface area contributed by atoms with Gasteiger partial charge < -0.3 is 15.3 Å². The van der Waals surface area contributed by atoms with Gasteiger partial charge in [-0.05, 0) is 37.5 Å². The SMILES string of the molecule is CC1=CCC2[C@H](O)[C@]3(O)CC[C@@H](O)C13C2(C)C. The molecule has 0 aromatic rings. The molecule has 17 heavy (non-hydrogen) atoms. The van der Waals surface area contributed by atoms with Gasteiger partial charge in [-0.15, -0.1) is 0 Å². The molecule has 0 aromatic carbocycles. The van der Waals surface area contributed by atoms with Crippen LogP contribution < -0.4 is 0 Å². The minimum Gasteiger partial charge on any atom is -0.392 e. The second-order valence-electron chi connectivity index (χ2n) is 6.68. The zero-order valence-corrected chi connectivity index (χ0v) is 10.8. The van der Waals surface area contributed by atoms with E-state index in [1.165, 1.54) is 0 Å². The molecule has 0 aromatic heterocycles. The van der Waals surface area contributed by atoms with E-state index in [1.54, 1.807) is 0 Å². The first kappa shape index (κ1) is 11.7. The lowest BCUT2D eigenvalue weighted by molar-refractivity contribution is -0.130. The third-order valence-corrected chi connectivity index (χ3v) is 6.10. The van der Waals surface area contributed by atoms with Crippen LogP contribution in [0.5, 0.6) is 0 Å². The predicted molar refractivity (Wildman–Crippen MR) is 64.3 cm³/mol. The Bertz CT molecular complexity index is 400. The van der Waals surface area contributed by atoms with E-state index in [4.69, 9.17) is 0 Å². The Morgan fingerprint density at radius 1 is 1.29 bits per heavy atom. The summed E-state index contributed by atoms with van der Waals surface area (Å²) in [7, 11) is 0. The van der Waals surface area contributed by atoms with Crippen LogP contribution in [0.15, 0.2) is 11.6 Å². The summed E-state index contributed by atoms with van der Waals surface area (Å²) in [4.78, 5) is 0. The average Bonchev–Trinajstić information content (AvgIpc) is 2.53. The van der Waals surface area contributed by atoms with Crippen molar-refractivity contribution in [1.29, 1.82) is 0 Å². The van der Waals surface area contributed by atoms with Crippen molar-refractivity contribution in [2.24, 2.45) is 16.7 Å². The summed E-state index contributed by atoms with van der Waals surface area (Å²) >= 11 is 0. The molecule has 0 aliphatic heterocycles. The predicted octanol–water partition coefficient (Wildman–Crippen LogP) is 1.23. The van der Waals surface area contributed by atoms with Crippen LogP contribution in [0.2, 0.25) is 0 Å². The summed E-state index contributed by atoms with van der Waals surface area (Å²) in [5.41, 5.74) is -0.988. The normalized spacial score (nSPS) is 55.6. The average molecular weight is 238 g/mol. The standard InChI is InChI=1S/C14H22O3/c1-8-4-5-9-11(16)13(17)7-6-10(15)14(8,13)12(9,2)3/h4,9-11,15-17H,5-7H2,1-3H3/t9?,10-,11+,13-,14?/m1/s1. The van der Waals surface area contributed by atoms with Gasteiger partial charge in [-0.3, -0.25) is 0 Å². The van der Waals surface area contributed by atoms with Crippen molar-refractivity contribution in [2.75, 3.05) is 0 Å². The van der Waals surface area contributed by atoms with E-state index in [-0.39, 0.29) is 11.3 Å². The molecular weight excluding hydrogens is 216 g/mol. The van der Waals surface area contributed by atoms with E-state index in [0.29, 0.717) is 12.8 Å². The van der Waals surface area contributed by atoms with Crippen molar-refractivity contribution in [3.8, 4) is 0 Å². The van der Waals surface area contributed by atoms with Gasteiger partial charge in [0.1, 0.15) is 5.60 Å². The molecule has 3 aliphatic carbocycles. The second kappa shape index (κ2) is 2.95. The number of hydrogen-bond donors (Lipinski definition) is 3. The molecule has 3 rings (SSSR count). The molecular formula is C14H22O3. The summed E-state index contributed by atoms with van der Waals surface area (Å²) < 4.78 is 0. The molecule has 5 atom stereocenters. The Morgan fingerprint density at radius 2 is 1.94 bits per heavy atom. The van der Waals surface area contributed by atoms with Crippen molar-refractivity contribution in [3.05, 3.63) is 11.6 Å². The van der Waals surface area contributed by atoms with Crippen molar-refractivity contribution >= 4 is 0 Å². The van der Waals surface area contributed by atoms with Crippen LogP contribution in [-0.2, 0) is 0 Å². The van der Waals surface area contributed by atoms with Gasteiger partial charge in [-0.2, -0.15) is 0 Å². The Kier molecular flexibility index (Phi) is 2.03. The van der Waals surface area contributed by atoms with E-state index in [9.17, 15) is 15.3 Å². The molecule has 3 aliphatic rings. The van der Waals surface area contributed by atoms with Gasteiger partial charge in [0.25, 0.3) is 0 Å². The molecule has 1 spiro atoms. The van der Waals surface area contributed by atoms with Crippen molar-refractivity contribution < 1.29 is 15.3 Å². The van der Waals surface area contributed by atoms with Crippen LogP contribution >= 0.6 is 0 Å². The molecule has 0 heterocycles. The first-order valence-corrected chi connectivity index (χ1v) is 6.56. The fourth-order valence-electron chi connectivity index (χ4n) is 5.45. The van der Waals surface area contributed by atoms with E-state index < -0.39 is 23.2 Å². The minimum atomic E-state index is -1.14. The van der Waals surface area contributed by atoms with Gasteiger partial charge in [-0.1, -0.05) is 25.5 Å². The van der Waals surface area contributed by atoms with Crippen LogP contribution in [-0.4, -0.2) is 33.1 Å². The molecule has 96 valence electrons. The number of aliphatic hydroxyl groups excluding tert-OH is 2. The van der Waals surface area contributed by atoms with E-state index in [1.807, 2.05) is 6.92 Å². The number of fused-ring (bicyclic) bond motifs is 1. The van der Waals surface area contributed by atoms with Crippen LogP contribution in [0.4, 0.5) is 0 Å². The van der Waals surface area contributed by atoms with Gasteiger partial charge in [0.15, 0.2) is 0 Å². The fourth-order valence-corrected chi connectivity index (χ4v) is 5.45. The molecule has 3 nitrogen and oxygen atoms in total. The zero-order valence-electron chi connectivity index (χ0n) is 10.8. The van der Waals surface area contributed by atoms with E-state index >= 15 is 0 Å². The molecule has 3 N–H and O–H groups in total. The minimum absolute atomic E-state index is 0.0474. The highest BCUT2D eigenvalue weighted by atomic mass is 16.4. The lowest BCUT2D eigenvalue weighted by Gasteiger charge is -2.51. The van der Waals surface area contributed by atoms with Crippen LogP contribution in [0.3, 0.4) is 0 Å². The Morgan fingerprint density at radius 3 is 2.59 bits per heavy atom. The van der Waals surface area contributed by atoms with Crippen LogP contribution in [0, 0.1) is 16.7 Å². The quantitative estimate of drug-likeness (QED) is 0.556.